The van der Waals surface area contributed by atoms with E-state index >= 15 is 0 Å². The van der Waals surface area contributed by atoms with Crippen LogP contribution in [0.15, 0.2) is 24.3 Å². The van der Waals surface area contributed by atoms with Crippen molar-refractivity contribution in [1.29, 1.82) is 0 Å². The lowest BCUT2D eigenvalue weighted by Gasteiger charge is -2.24. The summed E-state index contributed by atoms with van der Waals surface area (Å²) in [5.74, 6) is 0.979. The lowest BCUT2D eigenvalue weighted by atomic mass is 9.89. The lowest BCUT2D eigenvalue weighted by molar-refractivity contribution is -0.123. The number of carbonyl (C=O) groups is 2. The predicted molar refractivity (Wildman–Crippen MR) is 105 cm³/mol. The fraction of sp³-hybridized carbons (Fsp3) is 0.579. The normalized spacial score (nSPS) is 16.2. The number of rotatable bonds is 8. The maximum absolute atomic E-state index is 12.6. The van der Waals surface area contributed by atoms with Crippen molar-refractivity contribution in [2.24, 2.45) is 5.92 Å². The number of thioether (sulfide) groups is 1. The maximum Gasteiger partial charge on any atom is 0.253 e. The van der Waals surface area contributed by atoms with Gasteiger partial charge in [-0.1, -0.05) is 43.0 Å². The van der Waals surface area contributed by atoms with Crippen molar-refractivity contribution < 1.29 is 9.59 Å². The van der Waals surface area contributed by atoms with Gasteiger partial charge < -0.3 is 10.6 Å². The van der Waals surface area contributed by atoms with Crippen LogP contribution in [-0.2, 0) is 4.79 Å². The zero-order valence-corrected chi connectivity index (χ0v) is 16.3. The monoisotopic (exact) mass is 382 g/mol. The molecule has 0 saturated heterocycles. The SMILES string of the molecule is CSCCC(NC(=O)c1ccccc1Cl)C(=O)NCC1CCCCC1. The van der Waals surface area contributed by atoms with Crippen LogP contribution in [0.3, 0.4) is 0 Å². The Labute approximate surface area is 159 Å². The molecular weight excluding hydrogens is 356 g/mol. The molecule has 1 unspecified atom stereocenters. The molecule has 0 aromatic heterocycles. The van der Waals surface area contributed by atoms with E-state index in [9.17, 15) is 9.59 Å². The Morgan fingerprint density at radius 1 is 1.24 bits per heavy atom. The number of carbonyl (C=O) groups excluding carboxylic acids is 2. The van der Waals surface area contributed by atoms with Crippen molar-refractivity contribution >= 4 is 35.2 Å². The maximum atomic E-state index is 12.6. The Balaban J connectivity index is 1.93. The van der Waals surface area contributed by atoms with Crippen LogP contribution in [0.5, 0.6) is 0 Å². The van der Waals surface area contributed by atoms with Crippen LogP contribution in [0.1, 0.15) is 48.9 Å². The van der Waals surface area contributed by atoms with Gasteiger partial charge in [0.15, 0.2) is 0 Å². The summed E-state index contributed by atoms with van der Waals surface area (Å²) in [6, 6.07) is 6.36. The van der Waals surface area contributed by atoms with Gasteiger partial charge in [-0.05, 0) is 49.3 Å². The van der Waals surface area contributed by atoms with E-state index in [1.165, 1.54) is 32.1 Å². The molecule has 1 aromatic carbocycles. The topological polar surface area (TPSA) is 58.2 Å². The zero-order valence-electron chi connectivity index (χ0n) is 14.7. The molecule has 1 atom stereocenters. The fourth-order valence-corrected chi connectivity index (χ4v) is 3.84. The van der Waals surface area contributed by atoms with Gasteiger partial charge in [-0.25, -0.2) is 0 Å². The average Bonchev–Trinajstić information content (AvgIpc) is 2.64. The van der Waals surface area contributed by atoms with E-state index in [-0.39, 0.29) is 11.8 Å². The Morgan fingerprint density at radius 3 is 2.64 bits per heavy atom. The molecule has 1 aliphatic rings. The molecule has 4 nitrogen and oxygen atoms in total. The van der Waals surface area contributed by atoms with E-state index in [0.29, 0.717) is 29.5 Å². The molecule has 6 heteroatoms. The van der Waals surface area contributed by atoms with E-state index in [2.05, 4.69) is 10.6 Å². The second kappa shape index (κ2) is 10.7. The van der Waals surface area contributed by atoms with Crippen LogP contribution >= 0.6 is 23.4 Å². The van der Waals surface area contributed by atoms with Gasteiger partial charge in [0.1, 0.15) is 6.04 Å². The molecule has 0 heterocycles. The summed E-state index contributed by atoms with van der Waals surface area (Å²) in [5, 5.41) is 6.28. The smallest absolute Gasteiger partial charge is 0.253 e. The summed E-state index contributed by atoms with van der Waals surface area (Å²) in [6.07, 6.45) is 8.76. The number of hydrogen-bond acceptors (Lipinski definition) is 3. The third kappa shape index (κ3) is 6.55. The van der Waals surface area contributed by atoms with Gasteiger partial charge in [0.05, 0.1) is 10.6 Å². The van der Waals surface area contributed by atoms with Gasteiger partial charge in [0.2, 0.25) is 5.91 Å². The summed E-state index contributed by atoms with van der Waals surface area (Å²) in [4.78, 5) is 25.0. The highest BCUT2D eigenvalue weighted by Gasteiger charge is 2.23. The van der Waals surface area contributed by atoms with Crippen molar-refractivity contribution in [3.63, 3.8) is 0 Å². The summed E-state index contributed by atoms with van der Waals surface area (Å²) in [6.45, 7) is 0.705. The summed E-state index contributed by atoms with van der Waals surface area (Å²) in [5.41, 5.74) is 0.401. The van der Waals surface area contributed by atoms with Crippen molar-refractivity contribution in [2.75, 3.05) is 18.6 Å². The molecule has 0 radical (unpaired) electrons. The first kappa shape index (κ1) is 20.1. The van der Waals surface area contributed by atoms with E-state index in [4.69, 9.17) is 11.6 Å². The van der Waals surface area contributed by atoms with Crippen LogP contribution in [0, 0.1) is 5.92 Å². The van der Waals surface area contributed by atoms with Gasteiger partial charge in [0, 0.05) is 6.54 Å². The van der Waals surface area contributed by atoms with E-state index in [1.807, 2.05) is 6.26 Å². The quantitative estimate of drug-likeness (QED) is 0.717. The van der Waals surface area contributed by atoms with Gasteiger partial charge in [-0.15, -0.1) is 0 Å². The minimum Gasteiger partial charge on any atom is -0.354 e. The van der Waals surface area contributed by atoms with E-state index in [1.54, 1.807) is 36.0 Å². The lowest BCUT2D eigenvalue weighted by Crippen LogP contribution is -2.48. The Bertz CT molecular complexity index is 576. The molecule has 138 valence electrons. The first-order valence-corrected chi connectivity index (χ1v) is 10.7. The molecule has 1 saturated carbocycles. The highest BCUT2D eigenvalue weighted by molar-refractivity contribution is 7.98. The fourth-order valence-electron chi connectivity index (χ4n) is 3.15. The molecule has 0 spiro atoms. The van der Waals surface area contributed by atoms with Crippen LogP contribution in [0.2, 0.25) is 5.02 Å². The average molecular weight is 383 g/mol. The summed E-state index contributed by atoms with van der Waals surface area (Å²) in [7, 11) is 0. The largest absolute Gasteiger partial charge is 0.354 e. The molecule has 2 N–H and O–H groups in total. The third-order valence-corrected chi connectivity index (χ3v) is 5.61. The minimum absolute atomic E-state index is 0.0972. The highest BCUT2D eigenvalue weighted by Crippen LogP contribution is 2.22. The second-order valence-corrected chi connectivity index (χ2v) is 7.93. The zero-order chi connectivity index (χ0) is 18.1. The first-order chi connectivity index (χ1) is 12.1. The predicted octanol–water partition coefficient (Wildman–Crippen LogP) is 3.89. The van der Waals surface area contributed by atoms with Crippen LogP contribution in [-0.4, -0.2) is 36.4 Å². The Hall–Kier alpha value is -1.20. The standard InChI is InChI=1S/C19H27ClN2O2S/c1-25-12-11-17(19(24)21-13-14-7-3-2-4-8-14)22-18(23)15-9-5-6-10-16(15)20/h5-6,9-10,14,17H,2-4,7-8,11-13H2,1H3,(H,21,24)(H,22,23). The molecule has 1 fully saturated rings. The van der Waals surface area contributed by atoms with Crippen LogP contribution in [0.25, 0.3) is 0 Å². The van der Waals surface area contributed by atoms with Gasteiger partial charge in [-0.2, -0.15) is 11.8 Å². The molecule has 0 aliphatic heterocycles. The van der Waals surface area contributed by atoms with Crippen molar-refractivity contribution in [3.8, 4) is 0 Å². The molecular formula is C19H27ClN2O2S. The third-order valence-electron chi connectivity index (χ3n) is 4.64. The first-order valence-electron chi connectivity index (χ1n) is 8.94. The van der Waals surface area contributed by atoms with Crippen molar-refractivity contribution in [1.82, 2.24) is 10.6 Å². The molecule has 25 heavy (non-hydrogen) atoms. The Kier molecular flexibility index (Phi) is 8.62. The van der Waals surface area contributed by atoms with Gasteiger partial charge >= 0.3 is 0 Å². The van der Waals surface area contributed by atoms with Crippen molar-refractivity contribution in [3.05, 3.63) is 34.9 Å². The Morgan fingerprint density at radius 2 is 1.96 bits per heavy atom. The van der Waals surface area contributed by atoms with Gasteiger partial charge in [0.25, 0.3) is 5.91 Å². The van der Waals surface area contributed by atoms with Crippen LogP contribution in [0.4, 0.5) is 0 Å². The molecule has 1 aromatic rings. The van der Waals surface area contributed by atoms with Gasteiger partial charge in [-0.3, -0.25) is 9.59 Å². The molecule has 2 amide bonds. The van der Waals surface area contributed by atoms with Crippen molar-refractivity contribution in [2.45, 2.75) is 44.6 Å². The van der Waals surface area contributed by atoms with Crippen LogP contribution < -0.4 is 10.6 Å². The number of amides is 2. The summed E-state index contributed by atoms with van der Waals surface area (Å²) < 4.78 is 0. The highest BCUT2D eigenvalue weighted by atomic mass is 35.5. The molecule has 2 rings (SSSR count). The van der Waals surface area contributed by atoms with E-state index in [0.717, 1.165) is 5.75 Å². The minimum atomic E-state index is -0.528. The number of halogens is 1. The molecule has 1 aliphatic carbocycles. The molecule has 0 bridgehead atoms. The number of benzene rings is 1. The summed E-state index contributed by atoms with van der Waals surface area (Å²) >= 11 is 7.75. The van der Waals surface area contributed by atoms with E-state index < -0.39 is 6.04 Å². The number of hydrogen-bond donors (Lipinski definition) is 2. The number of nitrogens with one attached hydrogen (secondary N) is 2. The second-order valence-electron chi connectivity index (χ2n) is 6.54.